The second kappa shape index (κ2) is 42.2. The monoisotopic (exact) mass is 1780 g/mol. The van der Waals surface area contributed by atoms with E-state index in [0.717, 1.165) is 13.0 Å². The molecule has 0 aromatic heterocycles. The molecule has 0 unspecified atom stereocenters. The number of hydrogen-bond acceptors (Lipinski definition) is 23. The minimum Gasteiger partial charge on any atom is -0.480 e. The van der Waals surface area contributed by atoms with Gasteiger partial charge in [-0.25, -0.2) is 0 Å². The van der Waals surface area contributed by atoms with Crippen molar-refractivity contribution in [2.45, 2.75) is 252 Å². The number of carboxylic acids is 1. The summed E-state index contributed by atoms with van der Waals surface area (Å²) in [5.74, 6) is -12.2. The molecule has 0 aromatic carbocycles. The first-order chi connectivity index (χ1) is 60.6. The fraction of sp³-hybridized carbons (Fsp3) is 0.744. The summed E-state index contributed by atoms with van der Waals surface area (Å²) >= 11 is 4.30. The molecular formula is C82H119N21O22S. The number of likely N-dealkylation sites (tertiary alicyclic amines) is 12. The molecule has 43 nitrogen and oxygen atoms in total. The summed E-state index contributed by atoms with van der Waals surface area (Å²) in [6.45, 7) is -0.154. The first kappa shape index (κ1) is 92.8. The molecule has 20 amide bonds. The lowest BCUT2D eigenvalue weighted by Crippen LogP contribution is -2.57. The second-order valence-corrected chi connectivity index (χ2v) is 35.3. The molecule has 0 aliphatic carbocycles. The molecule has 0 spiro atoms. The second-order valence-electron chi connectivity index (χ2n) is 34.9. The molecule has 44 heteroatoms. The summed E-state index contributed by atoms with van der Waals surface area (Å²) in [6, 6.07) is -12.8. The standard InChI is InChI=1S/C82H119N21O22S/c104-62(92-28-2-21-56(92)76(119)91-49(47-126)69(112)84-40-63(105)93-29-9-22-57(93)78(121)100-36-5-17-52(100)72(115)89-45-67(109)97-33-13-26-61(97)82(125)103-39-8-20-55(103)75(118)90-46-68(110)111)41-85-71(114)51-16-4-35-99(51)79(122)59-24-11-31-95(59)65(107)43-87-74(117)54-19-7-38-102(54)81(124)60-25-12-32-96(60)66(108)44-88-73(116)53-18-6-37-101(53)80(123)58-23-10-30-94(58)64(106)42-86-70(113)50-15-3-34-98(50)77(120)48-14-1-27-83-48/h48-61,83,126H,1-47H2,(H,84,112)(H,85,114)(H,86,113)(H,87,117)(H,88,116)(H,89,115)(H,90,118)(H,91,119)(H,110,111)/t48-,49-,50-,51-,52-,53-,54-,55-,56-,57-,58-,59-,60-,61-/m0/s1. The Bertz CT molecular complexity index is 4250. The van der Waals surface area contributed by atoms with Gasteiger partial charge >= 0.3 is 5.97 Å². The number of carboxylic acid groups (broad SMARTS) is 1. The SMILES string of the molecule is O=C(O)CNC(=O)[C@@H]1CCCN1C(=O)[C@@H]1CCCN1C(=O)CNC(=O)[C@@H]1CCCN1C(=O)[C@@H]1CCCN1C(=O)CNC(=O)[C@H](CS)NC(=O)[C@@H]1CCCN1C(=O)CNC(=O)[C@@H]1CCCN1C(=O)[C@@H]1CCCN1C(=O)CNC(=O)[C@@H]1CCCN1C(=O)[C@@H]1CCCN1C(=O)CNC(=O)[C@@H]1CCCN1C(=O)[C@@H]1CCCN1C(=O)CNC(=O)[C@@H]1CCCN1C(=O)[C@@H]1CCCN1. The maximum atomic E-state index is 14.4. The van der Waals surface area contributed by atoms with Gasteiger partial charge in [-0.1, -0.05) is 0 Å². The molecule has 126 heavy (non-hydrogen) atoms. The summed E-state index contributed by atoms with van der Waals surface area (Å²) in [4.78, 5) is 304. The van der Waals surface area contributed by atoms with Crippen molar-refractivity contribution >= 4 is 137 Å². The van der Waals surface area contributed by atoms with Crippen molar-refractivity contribution in [1.82, 2.24) is 107 Å². The van der Waals surface area contributed by atoms with Crippen molar-refractivity contribution in [3.05, 3.63) is 0 Å². The molecule has 10 N–H and O–H groups in total. The molecule has 0 radical (unpaired) electrons. The van der Waals surface area contributed by atoms with Crippen LogP contribution >= 0.6 is 12.6 Å². The number of carbonyl (C=O) groups excluding carboxylic acids is 20. The van der Waals surface area contributed by atoms with E-state index < -0.39 is 236 Å². The van der Waals surface area contributed by atoms with Crippen LogP contribution in [-0.4, -0.2) is 409 Å². The highest BCUT2D eigenvalue weighted by molar-refractivity contribution is 7.80. The third kappa shape index (κ3) is 20.9. The van der Waals surface area contributed by atoms with E-state index in [1.54, 1.807) is 4.90 Å². The predicted octanol–water partition coefficient (Wildman–Crippen LogP) is -7.06. The van der Waals surface area contributed by atoms with Gasteiger partial charge in [0.2, 0.25) is 118 Å². The number of nitrogens with one attached hydrogen (secondary N) is 9. The predicted molar refractivity (Wildman–Crippen MR) is 442 cm³/mol. The van der Waals surface area contributed by atoms with Crippen molar-refractivity contribution in [3.63, 3.8) is 0 Å². The molecular weight excluding hydrogens is 1660 g/mol. The Morgan fingerprint density at radius 2 is 0.460 bits per heavy atom. The Labute approximate surface area is 734 Å². The molecule has 690 valence electrons. The van der Waals surface area contributed by atoms with Crippen LogP contribution < -0.4 is 47.9 Å². The fourth-order valence-electron chi connectivity index (χ4n) is 20.9. The van der Waals surface area contributed by atoms with Gasteiger partial charge in [-0.15, -0.1) is 0 Å². The summed E-state index contributed by atoms with van der Waals surface area (Å²) in [7, 11) is 0. The van der Waals surface area contributed by atoms with Gasteiger partial charge in [-0.2, -0.15) is 12.6 Å². The molecule has 0 saturated carbocycles. The Morgan fingerprint density at radius 3 is 0.690 bits per heavy atom. The average Bonchev–Trinajstić information content (AvgIpc) is 1.66. The molecule has 13 fully saturated rings. The van der Waals surface area contributed by atoms with Crippen LogP contribution in [0.3, 0.4) is 0 Å². The summed E-state index contributed by atoms with van der Waals surface area (Å²) < 4.78 is 0. The minimum absolute atomic E-state index is 0.124. The van der Waals surface area contributed by atoms with Crippen molar-refractivity contribution in [3.8, 4) is 0 Å². The maximum Gasteiger partial charge on any atom is 0.322 e. The van der Waals surface area contributed by atoms with Crippen LogP contribution in [-0.2, 0) is 101 Å². The maximum absolute atomic E-state index is 14.4. The Hall–Kier alpha value is -10.8. The summed E-state index contributed by atoms with van der Waals surface area (Å²) in [5, 5.41) is 33.0. The molecule has 13 aliphatic heterocycles. The third-order valence-corrected chi connectivity index (χ3v) is 27.6. The highest BCUT2D eigenvalue weighted by Crippen LogP contribution is 2.33. The van der Waals surface area contributed by atoms with Crippen LogP contribution in [0, 0.1) is 0 Å². The first-order valence-corrected chi connectivity index (χ1v) is 45.7. The zero-order valence-electron chi connectivity index (χ0n) is 71.2. The van der Waals surface area contributed by atoms with Crippen molar-refractivity contribution in [1.29, 1.82) is 0 Å². The minimum atomic E-state index is -1.29. The van der Waals surface area contributed by atoms with Crippen LogP contribution in [0.15, 0.2) is 0 Å². The normalized spacial score (nSPS) is 27.3. The molecule has 0 bridgehead atoms. The number of thiol groups is 1. The summed E-state index contributed by atoms with van der Waals surface area (Å²) in [6.07, 6.45) is 10.9. The lowest BCUT2D eigenvalue weighted by atomic mass is 10.1. The zero-order chi connectivity index (χ0) is 89.7. The lowest BCUT2D eigenvalue weighted by molar-refractivity contribution is -0.148. The van der Waals surface area contributed by atoms with E-state index in [4.69, 9.17) is 5.11 Å². The number of carbonyl (C=O) groups is 21. The Morgan fingerprint density at radius 1 is 0.254 bits per heavy atom. The average molecular weight is 1780 g/mol. The van der Waals surface area contributed by atoms with Gasteiger partial charge in [0, 0.05) is 84.3 Å². The van der Waals surface area contributed by atoms with Gasteiger partial charge in [0.05, 0.1) is 45.3 Å². The largest absolute Gasteiger partial charge is 0.480 e. The van der Waals surface area contributed by atoms with Gasteiger partial charge < -0.3 is 112 Å². The van der Waals surface area contributed by atoms with E-state index in [9.17, 15) is 101 Å². The number of aliphatic carboxylic acids is 1. The van der Waals surface area contributed by atoms with Gasteiger partial charge in [0.15, 0.2) is 0 Å². The topological polar surface area (TPSA) is 526 Å². The number of amides is 20. The highest BCUT2D eigenvalue weighted by Gasteiger charge is 2.51. The first-order valence-electron chi connectivity index (χ1n) is 45.0. The van der Waals surface area contributed by atoms with Crippen molar-refractivity contribution < 1.29 is 106 Å². The van der Waals surface area contributed by atoms with Crippen molar-refractivity contribution in [2.24, 2.45) is 0 Å². The van der Waals surface area contributed by atoms with E-state index in [-0.39, 0.29) is 141 Å². The Balaban J connectivity index is 0.512. The van der Waals surface area contributed by atoms with E-state index in [1.807, 2.05) is 0 Å². The zero-order valence-corrected chi connectivity index (χ0v) is 72.0. The number of rotatable bonds is 30. The van der Waals surface area contributed by atoms with Gasteiger partial charge in [0.25, 0.3) is 0 Å². The Kier molecular flexibility index (Phi) is 31.1. The molecule has 13 saturated heterocycles. The van der Waals surface area contributed by atoms with E-state index in [0.29, 0.717) is 122 Å². The van der Waals surface area contributed by atoms with Gasteiger partial charge in [-0.3, -0.25) is 101 Å². The van der Waals surface area contributed by atoms with Crippen LogP contribution in [0.25, 0.3) is 0 Å². The van der Waals surface area contributed by atoms with Gasteiger partial charge in [0.1, 0.15) is 85.1 Å². The van der Waals surface area contributed by atoms with Crippen LogP contribution in [0.4, 0.5) is 0 Å². The molecule has 14 atom stereocenters. The van der Waals surface area contributed by atoms with E-state index in [1.165, 1.54) is 53.9 Å². The van der Waals surface area contributed by atoms with E-state index in [2.05, 4.69) is 60.5 Å². The number of nitrogens with zero attached hydrogens (tertiary/aromatic N) is 12. The number of hydrogen-bond donors (Lipinski definition) is 11. The van der Waals surface area contributed by atoms with E-state index >= 15 is 0 Å². The molecule has 0 aromatic rings. The fourth-order valence-corrected chi connectivity index (χ4v) is 21.1. The van der Waals surface area contributed by atoms with Crippen LogP contribution in [0.1, 0.15) is 167 Å². The van der Waals surface area contributed by atoms with Gasteiger partial charge in [-0.05, 0) is 173 Å². The highest BCUT2D eigenvalue weighted by atomic mass is 32.1. The smallest absolute Gasteiger partial charge is 0.322 e. The third-order valence-electron chi connectivity index (χ3n) is 27.3. The van der Waals surface area contributed by atoms with Crippen LogP contribution in [0.5, 0.6) is 0 Å². The molecule has 13 rings (SSSR count). The van der Waals surface area contributed by atoms with Crippen LogP contribution in [0.2, 0.25) is 0 Å². The summed E-state index contributed by atoms with van der Waals surface area (Å²) in [5.41, 5.74) is 0. The lowest BCUT2D eigenvalue weighted by Gasteiger charge is -2.32. The quantitative estimate of drug-likeness (QED) is 0.0298. The molecule has 13 aliphatic rings. The molecule has 13 heterocycles. The van der Waals surface area contributed by atoms with Crippen molar-refractivity contribution in [2.75, 3.05) is 137 Å².